The highest BCUT2D eigenvalue weighted by atomic mass is 32.1. The third-order valence-electron chi connectivity index (χ3n) is 4.78. The monoisotopic (exact) mass is 436 g/mol. The van der Waals surface area contributed by atoms with Crippen molar-refractivity contribution >= 4 is 39.1 Å². The topological polar surface area (TPSA) is 76.0 Å². The number of aromatic nitrogens is 2. The molecule has 0 aliphatic carbocycles. The molecule has 0 unspecified atom stereocenters. The molecular weight excluding hydrogens is 415 g/mol. The molecule has 6 nitrogen and oxygen atoms in total. The van der Waals surface area contributed by atoms with E-state index in [1.165, 1.54) is 23.5 Å². The number of fused-ring (bicyclic) bond motifs is 1. The van der Waals surface area contributed by atoms with Crippen molar-refractivity contribution in [2.45, 2.75) is 20.3 Å². The smallest absolute Gasteiger partial charge is 0.265 e. The first-order valence-corrected chi connectivity index (χ1v) is 10.7. The van der Waals surface area contributed by atoms with E-state index in [0.29, 0.717) is 22.7 Å². The third kappa shape index (κ3) is 4.34. The van der Waals surface area contributed by atoms with Crippen molar-refractivity contribution < 1.29 is 14.0 Å². The average molecular weight is 437 g/mol. The number of carbonyl (C=O) groups is 2. The summed E-state index contributed by atoms with van der Waals surface area (Å²) >= 11 is 1.32. The molecule has 31 heavy (non-hydrogen) atoms. The Hall–Kier alpha value is -3.52. The molecule has 0 saturated heterocycles. The lowest BCUT2D eigenvalue weighted by Gasteiger charge is -2.06. The van der Waals surface area contributed by atoms with Crippen LogP contribution in [0.3, 0.4) is 0 Å². The van der Waals surface area contributed by atoms with Gasteiger partial charge in [0.25, 0.3) is 11.8 Å². The van der Waals surface area contributed by atoms with Crippen LogP contribution in [-0.4, -0.2) is 28.1 Å². The van der Waals surface area contributed by atoms with E-state index in [4.69, 9.17) is 0 Å². The summed E-state index contributed by atoms with van der Waals surface area (Å²) < 4.78 is 15.0. The quantitative estimate of drug-likeness (QED) is 0.450. The van der Waals surface area contributed by atoms with Crippen LogP contribution in [0.15, 0.2) is 54.6 Å². The van der Waals surface area contributed by atoms with Crippen molar-refractivity contribution in [3.8, 4) is 5.69 Å². The summed E-state index contributed by atoms with van der Waals surface area (Å²) in [5.74, 6) is -0.691. The SMILES string of the molecule is CCCNC(=O)c1ccc(NC(=O)c2cc3c(C)nn(-c4ccc(F)cc4)c3s2)cc1. The van der Waals surface area contributed by atoms with E-state index < -0.39 is 0 Å². The molecule has 2 heterocycles. The number of aryl methyl sites for hydroxylation is 1. The molecule has 0 spiro atoms. The van der Waals surface area contributed by atoms with Gasteiger partial charge < -0.3 is 10.6 Å². The Morgan fingerprint density at radius 1 is 1.06 bits per heavy atom. The first-order valence-electron chi connectivity index (χ1n) is 9.91. The van der Waals surface area contributed by atoms with Gasteiger partial charge in [0.15, 0.2) is 0 Å². The van der Waals surface area contributed by atoms with Gasteiger partial charge in [-0.2, -0.15) is 5.10 Å². The van der Waals surface area contributed by atoms with Gasteiger partial charge in [-0.3, -0.25) is 9.59 Å². The van der Waals surface area contributed by atoms with Crippen LogP contribution in [0.5, 0.6) is 0 Å². The van der Waals surface area contributed by atoms with E-state index in [0.717, 1.165) is 28.0 Å². The van der Waals surface area contributed by atoms with E-state index in [1.54, 1.807) is 41.1 Å². The summed E-state index contributed by atoms with van der Waals surface area (Å²) in [6, 6.07) is 14.7. The van der Waals surface area contributed by atoms with Crippen LogP contribution in [0.2, 0.25) is 0 Å². The Balaban J connectivity index is 1.54. The lowest BCUT2D eigenvalue weighted by Crippen LogP contribution is -2.23. The Bertz CT molecular complexity index is 1240. The molecule has 0 atom stereocenters. The fourth-order valence-corrected chi connectivity index (χ4v) is 4.23. The minimum Gasteiger partial charge on any atom is -0.352 e. The number of carbonyl (C=O) groups excluding carboxylic acids is 2. The highest BCUT2D eigenvalue weighted by Gasteiger charge is 2.17. The second-order valence-corrected chi connectivity index (χ2v) is 8.12. The fourth-order valence-electron chi connectivity index (χ4n) is 3.15. The van der Waals surface area contributed by atoms with Crippen molar-refractivity contribution in [3.05, 3.63) is 76.5 Å². The van der Waals surface area contributed by atoms with Gasteiger partial charge in [0, 0.05) is 23.2 Å². The molecule has 0 fully saturated rings. The Morgan fingerprint density at radius 2 is 1.77 bits per heavy atom. The number of anilines is 1. The summed E-state index contributed by atoms with van der Waals surface area (Å²) in [5, 5.41) is 11.1. The largest absolute Gasteiger partial charge is 0.352 e. The molecule has 8 heteroatoms. The van der Waals surface area contributed by atoms with E-state index in [-0.39, 0.29) is 17.6 Å². The number of amides is 2. The highest BCUT2D eigenvalue weighted by molar-refractivity contribution is 7.20. The van der Waals surface area contributed by atoms with Crippen LogP contribution in [0, 0.1) is 12.7 Å². The van der Waals surface area contributed by atoms with Crippen LogP contribution >= 0.6 is 11.3 Å². The second kappa shape index (κ2) is 8.69. The molecule has 0 radical (unpaired) electrons. The van der Waals surface area contributed by atoms with Crippen molar-refractivity contribution in [1.82, 2.24) is 15.1 Å². The molecule has 0 bridgehead atoms. The number of thiophene rings is 1. The maximum Gasteiger partial charge on any atom is 0.265 e. The first-order chi connectivity index (χ1) is 15.0. The van der Waals surface area contributed by atoms with Gasteiger partial charge in [0.2, 0.25) is 0 Å². The van der Waals surface area contributed by atoms with Gasteiger partial charge >= 0.3 is 0 Å². The maximum atomic E-state index is 13.3. The molecule has 2 aromatic heterocycles. The van der Waals surface area contributed by atoms with Crippen LogP contribution in [-0.2, 0) is 0 Å². The molecule has 0 aliphatic heterocycles. The van der Waals surface area contributed by atoms with Gasteiger partial charge in [-0.1, -0.05) is 6.92 Å². The number of nitrogens with one attached hydrogen (secondary N) is 2. The zero-order valence-electron chi connectivity index (χ0n) is 17.1. The summed E-state index contributed by atoms with van der Waals surface area (Å²) in [7, 11) is 0. The van der Waals surface area contributed by atoms with Crippen molar-refractivity contribution in [1.29, 1.82) is 0 Å². The normalized spacial score (nSPS) is 10.9. The van der Waals surface area contributed by atoms with E-state index in [1.807, 2.05) is 19.9 Å². The van der Waals surface area contributed by atoms with Gasteiger partial charge in [-0.15, -0.1) is 11.3 Å². The van der Waals surface area contributed by atoms with Crippen molar-refractivity contribution in [3.63, 3.8) is 0 Å². The van der Waals surface area contributed by atoms with Crippen molar-refractivity contribution in [2.24, 2.45) is 0 Å². The molecule has 2 N–H and O–H groups in total. The lowest BCUT2D eigenvalue weighted by molar-refractivity contribution is 0.0953. The predicted molar refractivity (Wildman–Crippen MR) is 121 cm³/mol. The van der Waals surface area contributed by atoms with E-state index in [9.17, 15) is 14.0 Å². The maximum absolute atomic E-state index is 13.3. The van der Waals surface area contributed by atoms with Gasteiger partial charge in [0.05, 0.1) is 16.3 Å². The summed E-state index contributed by atoms with van der Waals surface area (Å²) in [6.07, 6.45) is 0.868. The third-order valence-corrected chi connectivity index (χ3v) is 5.89. The number of hydrogen-bond donors (Lipinski definition) is 2. The zero-order chi connectivity index (χ0) is 22.0. The minimum atomic E-state index is -0.316. The minimum absolute atomic E-state index is 0.134. The average Bonchev–Trinajstić information content (AvgIpc) is 3.34. The van der Waals surface area contributed by atoms with Crippen LogP contribution in [0.25, 0.3) is 15.9 Å². The second-order valence-electron chi connectivity index (χ2n) is 7.09. The van der Waals surface area contributed by atoms with Crippen molar-refractivity contribution in [2.75, 3.05) is 11.9 Å². The van der Waals surface area contributed by atoms with E-state index >= 15 is 0 Å². The van der Waals surface area contributed by atoms with Crippen LogP contribution < -0.4 is 10.6 Å². The fraction of sp³-hybridized carbons (Fsp3) is 0.174. The summed E-state index contributed by atoms with van der Waals surface area (Å²) in [4.78, 5) is 26.1. The number of rotatable bonds is 6. The standard InChI is InChI=1S/C23H21FN4O2S/c1-3-12-25-21(29)15-4-8-17(9-5-15)26-22(30)20-13-19-14(2)27-28(23(19)31-20)18-10-6-16(24)7-11-18/h4-11,13H,3,12H2,1-2H3,(H,25,29)(H,26,30). The molecule has 4 rings (SSSR count). The van der Waals surface area contributed by atoms with Crippen LogP contribution in [0.1, 0.15) is 39.1 Å². The Kier molecular flexibility index (Phi) is 5.81. The molecule has 4 aromatic rings. The molecule has 0 aliphatic rings. The Morgan fingerprint density at radius 3 is 2.45 bits per heavy atom. The van der Waals surface area contributed by atoms with E-state index in [2.05, 4.69) is 15.7 Å². The number of halogens is 1. The molecule has 2 amide bonds. The number of benzene rings is 2. The molecule has 0 saturated carbocycles. The van der Waals surface area contributed by atoms with Gasteiger partial charge in [0.1, 0.15) is 10.6 Å². The first kappa shape index (κ1) is 20.7. The zero-order valence-corrected chi connectivity index (χ0v) is 17.9. The molecule has 2 aromatic carbocycles. The van der Waals surface area contributed by atoms with Gasteiger partial charge in [-0.05, 0) is 67.9 Å². The molecule has 158 valence electrons. The van der Waals surface area contributed by atoms with Gasteiger partial charge in [-0.25, -0.2) is 9.07 Å². The van der Waals surface area contributed by atoms with Crippen LogP contribution in [0.4, 0.5) is 10.1 Å². The lowest BCUT2D eigenvalue weighted by atomic mass is 10.2. The molecular formula is C23H21FN4O2S. The summed E-state index contributed by atoms with van der Waals surface area (Å²) in [6.45, 7) is 4.49. The number of hydrogen-bond acceptors (Lipinski definition) is 4. The highest BCUT2D eigenvalue weighted by Crippen LogP contribution is 2.31. The number of nitrogens with zero attached hydrogens (tertiary/aromatic N) is 2. The summed E-state index contributed by atoms with van der Waals surface area (Å²) in [5.41, 5.74) is 2.66. The predicted octanol–water partition coefficient (Wildman–Crippen LogP) is 4.93. The Labute approximate surface area is 182 Å².